The first-order chi connectivity index (χ1) is 5.95. The van der Waals surface area contributed by atoms with Gasteiger partial charge in [0.25, 0.3) is 0 Å². The summed E-state index contributed by atoms with van der Waals surface area (Å²) in [5, 5.41) is 18.3. The van der Waals surface area contributed by atoms with Crippen molar-refractivity contribution in [3.63, 3.8) is 0 Å². The molecule has 0 aliphatic carbocycles. The first kappa shape index (κ1) is 11.1. The SMILES string of the molecule is C[C@H](N=CC=C(N)[N+](=O)[O-])C(=O)O. The molecule has 0 rings (SSSR count). The third kappa shape index (κ3) is 4.51. The van der Waals surface area contributed by atoms with Crippen molar-refractivity contribution in [3.05, 3.63) is 22.0 Å². The summed E-state index contributed by atoms with van der Waals surface area (Å²) in [4.78, 5) is 22.8. The number of hydrogen-bond acceptors (Lipinski definition) is 5. The minimum Gasteiger partial charge on any atom is -0.480 e. The van der Waals surface area contributed by atoms with E-state index in [1.54, 1.807) is 0 Å². The molecule has 0 aromatic carbocycles. The second-order valence-electron chi connectivity index (χ2n) is 2.16. The molecule has 0 saturated carbocycles. The van der Waals surface area contributed by atoms with E-state index in [1.807, 2.05) is 0 Å². The Labute approximate surface area is 73.7 Å². The van der Waals surface area contributed by atoms with Gasteiger partial charge in [0.15, 0.2) is 0 Å². The number of aliphatic carboxylic acids is 1. The number of carbonyl (C=O) groups is 1. The summed E-state index contributed by atoms with van der Waals surface area (Å²) in [5.74, 6) is -1.69. The monoisotopic (exact) mass is 187 g/mol. The Kier molecular flexibility index (Phi) is 4.14. The zero-order chi connectivity index (χ0) is 10.4. The Morgan fingerprint density at radius 1 is 1.77 bits per heavy atom. The molecule has 72 valence electrons. The van der Waals surface area contributed by atoms with E-state index in [0.717, 1.165) is 12.3 Å². The number of carboxylic acid groups (broad SMARTS) is 1. The van der Waals surface area contributed by atoms with Crippen molar-refractivity contribution in [2.75, 3.05) is 0 Å². The van der Waals surface area contributed by atoms with Crippen LogP contribution >= 0.6 is 0 Å². The average molecular weight is 187 g/mol. The van der Waals surface area contributed by atoms with Gasteiger partial charge in [0.2, 0.25) is 0 Å². The molecule has 3 N–H and O–H groups in total. The maximum Gasteiger partial charge on any atom is 0.328 e. The molecular formula is C6H9N3O4. The fourth-order valence-corrected chi connectivity index (χ4v) is 0.373. The standard InChI is InChI=1S/C6H9N3O4/c1-4(6(10)11)8-3-2-5(7)9(12)13/h2-4H,7H2,1H3,(H,10,11)/t4-/m0/s1. The number of hydrogen-bond donors (Lipinski definition) is 2. The van der Waals surface area contributed by atoms with Crippen molar-refractivity contribution in [2.24, 2.45) is 10.7 Å². The van der Waals surface area contributed by atoms with E-state index in [9.17, 15) is 14.9 Å². The number of rotatable bonds is 4. The fraction of sp³-hybridized carbons (Fsp3) is 0.333. The van der Waals surface area contributed by atoms with Crippen LogP contribution in [0.3, 0.4) is 0 Å². The van der Waals surface area contributed by atoms with Gasteiger partial charge >= 0.3 is 11.8 Å². The Morgan fingerprint density at radius 2 is 2.31 bits per heavy atom. The molecule has 0 aromatic rings. The third-order valence-corrected chi connectivity index (χ3v) is 1.12. The lowest BCUT2D eigenvalue weighted by Gasteiger charge is -1.95. The van der Waals surface area contributed by atoms with Gasteiger partial charge in [-0.1, -0.05) is 0 Å². The number of aliphatic imine (C=N–C) groups is 1. The van der Waals surface area contributed by atoms with Gasteiger partial charge in [-0.2, -0.15) is 0 Å². The quantitative estimate of drug-likeness (QED) is 0.352. The average Bonchev–Trinajstić information content (AvgIpc) is 2.03. The van der Waals surface area contributed by atoms with Crippen molar-refractivity contribution in [1.29, 1.82) is 0 Å². The number of carboxylic acids is 1. The highest BCUT2D eigenvalue weighted by molar-refractivity contribution is 5.78. The maximum atomic E-state index is 10.2. The van der Waals surface area contributed by atoms with Gasteiger partial charge < -0.3 is 15.2 Å². The van der Waals surface area contributed by atoms with Crippen LogP contribution < -0.4 is 5.73 Å². The van der Waals surface area contributed by atoms with E-state index in [4.69, 9.17) is 10.8 Å². The van der Waals surface area contributed by atoms with Gasteiger partial charge in [0, 0.05) is 12.3 Å². The van der Waals surface area contributed by atoms with E-state index in [2.05, 4.69) is 4.99 Å². The Morgan fingerprint density at radius 3 is 2.69 bits per heavy atom. The first-order valence-electron chi connectivity index (χ1n) is 3.31. The van der Waals surface area contributed by atoms with Gasteiger partial charge in [-0.25, -0.2) is 4.79 Å². The smallest absolute Gasteiger partial charge is 0.328 e. The van der Waals surface area contributed by atoms with Crippen molar-refractivity contribution >= 4 is 12.2 Å². The predicted octanol–water partition coefficient (Wildman–Crippen LogP) is -0.393. The number of allylic oxidation sites excluding steroid dienone is 1. The molecule has 1 atom stereocenters. The molecule has 0 saturated heterocycles. The van der Waals surface area contributed by atoms with Crippen LogP contribution in [0.25, 0.3) is 0 Å². The molecule has 7 heteroatoms. The van der Waals surface area contributed by atoms with Gasteiger partial charge in [-0.3, -0.25) is 10.7 Å². The summed E-state index contributed by atoms with van der Waals surface area (Å²) in [6.07, 6.45) is 1.93. The molecule has 7 nitrogen and oxygen atoms in total. The van der Waals surface area contributed by atoms with Crippen LogP contribution in [0.5, 0.6) is 0 Å². The summed E-state index contributed by atoms with van der Waals surface area (Å²) in [7, 11) is 0. The van der Waals surface area contributed by atoms with E-state index in [-0.39, 0.29) is 0 Å². The second kappa shape index (κ2) is 4.86. The van der Waals surface area contributed by atoms with Crippen LogP contribution in [-0.4, -0.2) is 28.3 Å². The van der Waals surface area contributed by atoms with Crippen LogP contribution in [0.2, 0.25) is 0 Å². The molecule has 0 radical (unpaired) electrons. The highest BCUT2D eigenvalue weighted by atomic mass is 16.6. The van der Waals surface area contributed by atoms with Crippen molar-refractivity contribution in [1.82, 2.24) is 0 Å². The molecule has 0 amide bonds. The lowest BCUT2D eigenvalue weighted by atomic mass is 10.4. The molecule has 0 aliphatic heterocycles. The van der Waals surface area contributed by atoms with Gasteiger partial charge in [-0.15, -0.1) is 0 Å². The van der Waals surface area contributed by atoms with Crippen LogP contribution in [-0.2, 0) is 4.79 Å². The highest BCUT2D eigenvalue weighted by Crippen LogP contribution is 1.88. The van der Waals surface area contributed by atoms with Gasteiger partial charge in [0.05, 0.1) is 0 Å². The number of nitrogens with two attached hydrogens (primary N) is 1. The zero-order valence-electron chi connectivity index (χ0n) is 6.88. The summed E-state index contributed by atoms with van der Waals surface area (Å²) >= 11 is 0. The third-order valence-electron chi connectivity index (χ3n) is 1.12. The minimum atomic E-state index is -1.11. The molecule has 0 aliphatic rings. The molecule has 13 heavy (non-hydrogen) atoms. The fourth-order valence-electron chi connectivity index (χ4n) is 0.373. The second-order valence-corrected chi connectivity index (χ2v) is 2.16. The summed E-state index contributed by atoms with van der Waals surface area (Å²) in [5.41, 5.74) is 4.90. The van der Waals surface area contributed by atoms with Crippen molar-refractivity contribution in [3.8, 4) is 0 Å². The Hall–Kier alpha value is -1.92. The lowest BCUT2D eigenvalue weighted by molar-refractivity contribution is -0.426. The minimum absolute atomic E-state index is 0.582. The molecule has 0 fully saturated rings. The Balaban J connectivity index is 4.22. The summed E-state index contributed by atoms with van der Waals surface area (Å²) in [6, 6.07) is -0.934. The van der Waals surface area contributed by atoms with Gasteiger partial charge in [0.1, 0.15) is 6.04 Å². The van der Waals surface area contributed by atoms with E-state index < -0.39 is 22.8 Å². The van der Waals surface area contributed by atoms with Crippen molar-refractivity contribution in [2.45, 2.75) is 13.0 Å². The predicted molar refractivity (Wildman–Crippen MR) is 44.9 cm³/mol. The zero-order valence-corrected chi connectivity index (χ0v) is 6.88. The topological polar surface area (TPSA) is 119 Å². The summed E-state index contributed by atoms with van der Waals surface area (Å²) < 4.78 is 0. The van der Waals surface area contributed by atoms with Crippen molar-refractivity contribution < 1.29 is 14.8 Å². The Bertz CT molecular complexity index is 271. The molecular weight excluding hydrogens is 178 g/mol. The molecule has 0 heterocycles. The molecule has 0 aromatic heterocycles. The highest BCUT2D eigenvalue weighted by Gasteiger charge is 2.06. The van der Waals surface area contributed by atoms with Crippen LogP contribution in [0.4, 0.5) is 0 Å². The number of nitrogens with zero attached hydrogens (tertiary/aromatic N) is 2. The van der Waals surface area contributed by atoms with Gasteiger partial charge in [-0.05, 0) is 11.8 Å². The van der Waals surface area contributed by atoms with Crippen LogP contribution in [0.1, 0.15) is 6.92 Å². The van der Waals surface area contributed by atoms with E-state index in [0.29, 0.717) is 0 Å². The maximum absolute atomic E-state index is 10.2. The van der Waals surface area contributed by atoms with E-state index in [1.165, 1.54) is 6.92 Å². The molecule has 0 bridgehead atoms. The molecule has 0 unspecified atom stereocenters. The largest absolute Gasteiger partial charge is 0.480 e. The normalized spacial score (nSPS) is 14.4. The van der Waals surface area contributed by atoms with Crippen LogP contribution in [0, 0.1) is 10.1 Å². The molecule has 0 spiro atoms. The lowest BCUT2D eigenvalue weighted by Crippen LogP contribution is -2.13. The van der Waals surface area contributed by atoms with Crippen LogP contribution in [0.15, 0.2) is 16.9 Å². The van der Waals surface area contributed by atoms with E-state index >= 15 is 0 Å². The first-order valence-corrected chi connectivity index (χ1v) is 3.31. The summed E-state index contributed by atoms with van der Waals surface area (Å²) in [6.45, 7) is 1.34. The number of nitro groups is 1.